The third kappa shape index (κ3) is 3.12. The summed E-state index contributed by atoms with van der Waals surface area (Å²) in [6.07, 6.45) is 1.51. The molecular formula is C21H23NO2. The molecule has 2 aromatic rings. The molecule has 24 heavy (non-hydrogen) atoms. The number of fused-ring (bicyclic) bond motifs is 1. The SMILES string of the molecule is CN=C1CC(C)(C)CC(=O)/C1=C(/O)Cc1cccc2ccccc12. The van der Waals surface area contributed by atoms with E-state index in [-0.39, 0.29) is 17.0 Å². The standard InChI is InChI=1S/C21H23NO2/c1-21(2)12-17(22-3)20(19(24)13-21)18(23)11-15-9-6-8-14-7-4-5-10-16(14)15/h4-10,23H,11-13H2,1-3H3/b20-18+,22-17?. The van der Waals surface area contributed by atoms with Crippen molar-refractivity contribution in [2.45, 2.75) is 33.1 Å². The fraction of sp³-hybridized carbons (Fsp3) is 0.333. The maximum atomic E-state index is 12.6. The van der Waals surface area contributed by atoms with Gasteiger partial charge in [0.05, 0.1) is 5.57 Å². The summed E-state index contributed by atoms with van der Waals surface area (Å²) < 4.78 is 0. The Morgan fingerprint density at radius 1 is 1.12 bits per heavy atom. The molecule has 3 heteroatoms. The van der Waals surface area contributed by atoms with E-state index in [1.54, 1.807) is 7.05 Å². The van der Waals surface area contributed by atoms with E-state index in [0.29, 0.717) is 30.5 Å². The van der Waals surface area contributed by atoms with Gasteiger partial charge in [0.1, 0.15) is 5.76 Å². The lowest BCUT2D eigenvalue weighted by Gasteiger charge is -2.31. The lowest BCUT2D eigenvalue weighted by atomic mass is 9.73. The fourth-order valence-corrected chi connectivity index (χ4v) is 3.52. The largest absolute Gasteiger partial charge is 0.511 e. The highest BCUT2D eigenvalue weighted by Gasteiger charge is 2.35. The van der Waals surface area contributed by atoms with Crippen molar-refractivity contribution in [1.29, 1.82) is 0 Å². The van der Waals surface area contributed by atoms with Gasteiger partial charge in [-0.1, -0.05) is 56.3 Å². The summed E-state index contributed by atoms with van der Waals surface area (Å²) in [6, 6.07) is 14.1. The molecule has 0 spiro atoms. The molecule has 0 heterocycles. The van der Waals surface area contributed by atoms with E-state index in [9.17, 15) is 9.90 Å². The topological polar surface area (TPSA) is 49.7 Å². The van der Waals surface area contributed by atoms with Gasteiger partial charge in [-0.05, 0) is 28.2 Å². The van der Waals surface area contributed by atoms with E-state index in [0.717, 1.165) is 16.3 Å². The Labute approximate surface area is 142 Å². The molecule has 1 saturated carbocycles. The predicted octanol–water partition coefficient (Wildman–Crippen LogP) is 4.65. The second-order valence-corrected chi connectivity index (χ2v) is 7.25. The van der Waals surface area contributed by atoms with Crippen LogP contribution >= 0.6 is 0 Å². The van der Waals surface area contributed by atoms with E-state index < -0.39 is 0 Å². The number of ketones is 1. The molecule has 0 aromatic heterocycles. The number of nitrogens with zero attached hydrogens (tertiary/aromatic N) is 1. The van der Waals surface area contributed by atoms with Crippen LogP contribution in [0.15, 0.2) is 58.8 Å². The van der Waals surface area contributed by atoms with Crippen molar-refractivity contribution in [3.63, 3.8) is 0 Å². The van der Waals surface area contributed by atoms with Crippen LogP contribution in [0.1, 0.15) is 32.3 Å². The number of aliphatic hydroxyl groups is 1. The summed E-state index contributed by atoms with van der Waals surface area (Å²) in [5.41, 5.74) is 2.06. The monoisotopic (exact) mass is 321 g/mol. The molecule has 1 fully saturated rings. The van der Waals surface area contributed by atoms with Crippen LogP contribution in [0.4, 0.5) is 0 Å². The highest BCUT2D eigenvalue weighted by Crippen LogP contribution is 2.35. The molecule has 1 N–H and O–H groups in total. The van der Waals surface area contributed by atoms with Gasteiger partial charge in [0.15, 0.2) is 5.78 Å². The Morgan fingerprint density at radius 2 is 1.83 bits per heavy atom. The normalized spacial score (nSPS) is 21.3. The van der Waals surface area contributed by atoms with Gasteiger partial charge in [-0.2, -0.15) is 0 Å². The number of carbonyl (C=O) groups is 1. The summed E-state index contributed by atoms with van der Waals surface area (Å²) in [5, 5.41) is 12.9. The second kappa shape index (κ2) is 6.23. The number of Topliss-reactive ketones (excluding diaryl/α,β-unsaturated/α-hetero) is 1. The molecule has 0 saturated heterocycles. The van der Waals surface area contributed by atoms with E-state index in [4.69, 9.17) is 0 Å². The van der Waals surface area contributed by atoms with E-state index in [2.05, 4.69) is 31.0 Å². The number of hydrogen-bond acceptors (Lipinski definition) is 3. The Hall–Kier alpha value is -2.42. The van der Waals surface area contributed by atoms with Crippen molar-refractivity contribution in [3.05, 3.63) is 59.4 Å². The Kier molecular flexibility index (Phi) is 4.27. The molecule has 0 amide bonds. The maximum absolute atomic E-state index is 12.6. The van der Waals surface area contributed by atoms with E-state index in [1.807, 2.05) is 30.3 Å². The molecule has 0 aliphatic heterocycles. The van der Waals surface area contributed by atoms with Crippen LogP contribution < -0.4 is 0 Å². The lowest BCUT2D eigenvalue weighted by Crippen LogP contribution is -2.32. The van der Waals surface area contributed by atoms with Gasteiger partial charge in [0, 0.05) is 25.6 Å². The summed E-state index contributed by atoms with van der Waals surface area (Å²) in [7, 11) is 1.69. The quantitative estimate of drug-likeness (QED) is 0.646. The maximum Gasteiger partial charge on any atom is 0.168 e. The van der Waals surface area contributed by atoms with Crippen LogP contribution in [-0.4, -0.2) is 23.6 Å². The van der Waals surface area contributed by atoms with Crippen molar-refractivity contribution in [3.8, 4) is 0 Å². The first-order valence-electron chi connectivity index (χ1n) is 8.29. The minimum atomic E-state index is -0.102. The van der Waals surface area contributed by atoms with Crippen LogP contribution in [0.25, 0.3) is 10.8 Å². The number of carbonyl (C=O) groups excluding carboxylic acids is 1. The molecule has 3 nitrogen and oxygen atoms in total. The lowest BCUT2D eigenvalue weighted by molar-refractivity contribution is -0.117. The molecule has 2 aromatic carbocycles. The van der Waals surface area contributed by atoms with Crippen LogP contribution in [-0.2, 0) is 11.2 Å². The molecule has 0 bridgehead atoms. The Morgan fingerprint density at radius 3 is 2.58 bits per heavy atom. The number of aliphatic imine (C=N–C) groups is 1. The van der Waals surface area contributed by atoms with Crippen molar-refractivity contribution >= 4 is 22.3 Å². The smallest absolute Gasteiger partial charge is 0.168 e. The summed E-state index contributed by atoms with van der Waals surface area (Å²) in [6.45, 7) is 4.13. The van der Waals surface area contributed by atoms with Crippen LogP contribution in [0.3, 0.4) is 0 Å². The van der Waals surface area contributed by atoms with Crippen molar-refractivity contribution in [2.24, 2.45) is 10.4 Å². The zero-order valence-corrected chi connectivity index (χ0v) is 14.5. The van der Waals surface area contributed by atoms with Crippen LogP contribution in [0, 0.1) is 5.41 Å². The highest BCUT2D eigenvalue weighted by molar-refractivity contribution is 6.24. The van der Waals surface area contributed by atoms with Gasteiger partial charge in [0.25, 0.3) is 0 Å². The highest BCUT2D eigenvalue weighted by atomic mass is 16.3. The second-order valence-electron chi connectivity index (χ2n) is 7.25. The number of hydrogen-bond donors (Lipinski definition) is 1. The number of rotatable bonds is 2. The molecule has 0 radical (unpaired) electrons. The average molecular weight is 321 g/mol. The zero-order chi connectivity index (χ0) is 17.3. The van der Waals surface area contributed by atoms with Crippen molar-refractivity contribution < 1.29 is 9.90 Å². The minimum absolute atomic E-state index is 0.00964. The summed E-state index contributed by atoms with van der Waals surface area (Å²) >= 11 is 0. The summed E-state index contributed by atoms with van der Waals surface area (Å²) in [5.74, 6) is 0.122. The van der Waals surface area contributed by atoms with Gasteiger partial charge >= 0.3 is 0 Å². The first-order chi connectivity index (χ1) is 11.4. The molecular weight excluding hydrogens is 298 g/mol. The molecule has 1 aliphatic carbocycles. The van der Waals surface area contributed by atoms with E-state index in [1.165, 1.54) is 0 Å². The number of allylic oxidation sites excluding steroid dienone is 2. The molecule has 1 aliphatic rings. The van der Waals surface area contributed by atoms with Gasteiger partial charge < -0.3 is 5.11 Å². The van der Waals surface area contributed by atoms with Gasteiger partial charge in [-0.25, -0.2) is 0 Å². The third-order valence-corrected chi connectivity index (χ3v) is 4.65. The first-order valence-corrected chi connectivity index (χ1v) is 8.29. The zero-order valence-electron chi connectivity index (χ0n) is 14.5. The molecule has 0 atom stereocenters. The average Bonchev–Trinajstić information content (AvgIpc) is 2.53. The molecule has 124 valence electrons. The summed E-state index contributed by atoms with van der Waals surface area (Å²) in [4.78, 5) is 16.9. The van der Waals surface area contributed by atoms with Crippen LogP contribution in [0.2, 0.25) is 0 Å². The number of benzene rings is 2. The predicted molar refractivity (Wildman–Crippen MR) is 98.7 cm³/mol. The third-order valence-electron chi connectivity index (χ3n) is 4.65. The number of aliphatic hydroxyl groups excluding tert-OH is 1. The minimum Gasteiger partial charge on any atom is -0.511 e. The fourth-order valence-electron chi connectivity index (χ4n) is 3.52. The van der Waals surface area contributed by atoms with Crippen molar-refractivity contribution in [2.75, 3.05) is 7.05 Å². The molecule has 3 rings (SSSR count). The Bertz CT molecular complexity index is 854. The van der Waals surface area contributed by atoms with Gasteiger partial charge in [-0.3, -0.25) is 9.79 Å². The van der Waals surface area contributed by atoms with Crippen LogP contribution in [0.5, 0.6) is 0 Å². The van der Waals surface area contributed by atoms with E-state index >= 15 is 0 Å². The van der Waals surface area contributed by atoms with Gasteiger partial charge in [-0.15, -0.1) is 0 Å². The Balaban J connectivity index is 2.02. The van der Waals surface area contributed by atoms with Gasteiger partial charge in [0.2, 0.25) is 0 Å². The first kappa shape index (κ1) is 16.4. The molecule has 0 unspecified atom stereocenters. The van der Waals surface area contributed by atoms with Crippen molar-refractivity contribution in [1.82, 2.24) is 0 Å².